The summed E-state index contributed by atoms with van der Waals surface area (Å²) in [5.74, 6) is -0.249. The van der Waals surface area contributed by atoms with Crippen molar-refractivity contribution in [2.24, 2.45) is 7.05 Å². The van der Waals surface area contributed by atoms with Gasteiger partial charge < -0.3 is 19.9 Å². The van der Waals surface area contributed by atoms with Crippen LogP contribution in [0, 0.1) is 0 Å². The number of carboxylic acid groups (broad SMARTS) is 1. The van der Waals surface area contributed by atoms with Crippen LogP contribution in [-0.2, 0) is 7.05 Å². The van der Waals surface area contributed by atoms with Crippen LogP contribution < -0.4 is 10.2 Å². The minimum atomic E-state index is -0.980. The molecule has 2 heterocycles. The van der Waals surface area contributed by atoms with Crippen LogP contribution in [0.5, 0.6) is 0 Å². The molecule has 1 saturated heterocycles. The number of piperazine rings is 1. The highest BCUT2D eigenvalue weighted by atomic mass is 16.4. The van der Waals surface area contributed by atoms with Crippen molar-refractivity contribution in [2.75, 3.05) is 31.1 Å². The Morgan fingerprint density at radius 2 is 2.20 bits per heavy atom. The number of hydrogen-bond donors (Lipinski definition) is 2. The molecular formula is C9H14N4O2. The molecule has 6 nitrogen and oxygen atoms in total. The van der Waals surface area contributed by atoms with Gasteiger partial charge >= 0.3 is 5.97 Å². The quantitative estimate of drug-likeness (QED) is 0.690. The van der Waals surface area contributed by atoms with Crippen LogP contribution in [0.1, 0.15) is 10.5 Å². The second-order valence-corrected chi connectivity index (χ2v) is 3.58. The highest BCUT2D eigenvalue weighted by Crippen LogP contribution is 2.13. The molecule has 2 rings (SSSR count). The van der Waals surface area contributed by atoms with E-state index in [2.05, 4.69) is 15.2 Å². The van der Waals surface area contributed by atoms with E-state index >= 15 is 0 Å². The number of carboxylic acids is 1. The zero-order chi connectivity index (χ0) is 10.8. The third-order valence-electron chi connectivity index (χ3n) is 2.47. The summed E-state index contributed by atoms with van der Waals surface area (Å²) in [6, 6.07) is 0. The SMILES string of the molecule is Cn1cc(C(=O)O)nc1N1CCNCC1. The molecule has 0 amide bonds. The van der Waals surface area contributed by atoms with Crippen molar-refractivity contribution in [1.82, 2.24) is 14.9 Å². The van der Waals surface area contributed by atoms with Crippen molar-refractivity contribution < 1.29 is 9.90 Å². The Morgan fingerprint density at radius 3 is 2.73 bits per heavy atom. The second kappa shape index (κ2) is 3.90. The third-order valence-corrected chi connectivity index (χ3v) is 2.47. The monoisotopic (exact) mass is 210 g/mol. The van der Waals surface area contributed by atoms with Gasteiger partial charge in [-0.25, -0.2) is 9.78 Å². The molecule has 1 aromatic rings. The lowest BCUT2D eigenvalue weighted by Gasteiger charge is -2.28. The largest absolute Gasteiger partial charge is 0.476 e. The van der Waals surface area contributed by atoms with E-state index in [1.807, 2.05) is 7.05 Å². The summed E-state index contributed by atoms with van der Waals surface area (Å²) < 4.78 is 1.76. The van der Waals surface area contributed by atoms with Crippen LogP contribution in [0.3, 0.4) is 0 Å². The first-order chi connectivity index (χ1) is 7.18. The van der Waals surface area contributed by atoms with E-state index in [0.717, 1.165) is 32.1 Å². The number of aryl methyl sites for hydroxylation is 1. The molecule has 15 heavy (non-hydrogen) atoms. The Bertz CT molecular complexity index is 368. The molecule has 1 aliphatic heterocycles. The fraction of sp³-hybridized carbons (Fsp3) is 0.556. The Labute approximate surface area is 87.5 Å². The van der Waals surface area contributed by atoms with Gasteiger partial charge in [0.15, 0.2) is 5.69 Å². The third kappa shape index (κ3) is 1.94. The molecule has 0 atom stereocenters. The first-order valence-corrected chi connectivity index (χ1v) is 4.91. The molecule has 0 bridgehead atoms. The highest BCUT2D eigenvalue weighted by molar-refractivity contribution is 5.85. The van der Waals surface area contributed by atoms with E-state index in [9.17, 15) is 4.79 Å². The van der Waals surface area contributed by atoms with Crippen molar-refractivity contribution in [3.63, 3.8) is 0 Å². The van der Waals surface area contributed by atoms with Gasteiger partial charge in [-0.1, -0.05) is 0 Å². The number of hydrogen-bond acceptors (Lipinski definition) is 4. The number of aromatic carboxylic acids is 1. The van der Waals surface area contributed by atoms with E-state index in [-0.39, 0.29) is 5.69 Å². The number of nitrogens with one attached hydrogen (secondary N) is 1. The van der Waals surface area contributed by atoms with Gasteiger partial charge in [0, 0.05) is 39.4 Å². The zero-order valence-electron chi connectivity index (χ0n) is 8.60. The summed E-state index contributed by atoms with van der Waals surface area (Å²) in [5.41, 5.74) is 0.103. The molecule has 1 aromatic heterocycles. The maximum absolute atomic E-state index is 10.7. The topological polar surface area (TPSA) is 70.4 Å². The number of rotatable bonds is 2. The van der Waals surface area contributed by atoms with Gasteiger partial charge in [0.1, 0.15) is 0 Å². The Morgan fingerprint density at radius 1 is 1.53 bits per heavy atom. The maximum atomic E-state index is 10.7. The smallest absolute Gasteiger partial charge is 0.356 e. The molecule has 2 N–H and O–H groups in total. The van der Waals surface area contributed by atoms with Crippen LogP contribution in [0.25, 0.3) is 0 Å². The molecule has 6 heteroatoms. The summed E-state index contributed by atoms with van der Waals surface area (Å²) in [6.45, 7) is 3.55. The minimum Gasteiger partial charge on any atom is -0.476 e. The summed E-state index contributed by atoms with van der Waals surface area (Å²) in [6.07, 6.45) is 1.54. The number of nitrogens with zero attached hydrogens (tertiary/aromatic N) is 3. The van der Waals surface area contributed by atoms with Gasteiger partial charge in [-0.05, 0) is 0 Å². The van der Waals surface area contributed by atoms with E-state index in [0.29, 0.717) is 0 Å². The van der Waals surface area contributed by atoms with Gasteiger partial charge in [0.25, 0.3) is 0 Å². The van der Waals surface area contributed by atoms with Gasteiger partial charge in [0.2, 0.25) is 5.95 Å². The molecule has 0 aromatic carbocycles. The number of imidazole rings is 1. The molecule has 0 unspecified atom stereocenters. The number of aromatic nitrogens is 2. The van der Waals surface area contributed by atoms with E-state index < -0.39 is 5.97 Å². The highest BCUT2D eigenvalue weighted by Gasteiger charge is 2.18. The van der Waals surface area contributed by atoms with Crippen molar-refractivity contribution in [3.8, 4) is 0 Å². The van der Waals surface area contributed by atoms with E-state index in [1.54, 1.807) is 10.8 Å². The standard InChI is InChI=1S/C9H14N4O2/c1-12-6-7(8(14)15)11-9(12)13-4-2-10-3-5-13/h6,10H,2-5H2,1H3,(H,14,15). The van der Waals surface area contributed by atoms with Crippen LogP contribution in [0.15, 0.2) is 6.20 Å². The molecule has 0 aliphatic carbocycles. The second-order valence-electron chi connectivity index (χ2n) is 3.58. The van der Waals surface area contributed by atoms with Crippen molar-refractivity contribution in [1.29, 1.82) is 0 Å². The van der Waals surface area contributed by atoms with Gasteiger partial charge in [-0.2, -0.15) is 0 Å². The van der Waals surface area contributed by atoms with Crippen LogP contribution in [0.2, 0.25) is 0 Å². The van der Waals surface area contributed by atoms with Gasteiger partial charge in [0.05, 0.1) is 0 Å². The molecule has 1 fully saturated rings. The lowest BCUT2D eigenvalue weighted by atomic mass is 10.4. The lowest BCUT2D eigenvalue weighted by Crippen LogP contribution is -2.44. The normalized spacial score (nSPS) is 16.7. The molecule has 0 spiro atoms. The fourth-order valence-electron chi connectivity index (χ4n) is 1.72. The zero-order valence-corrected chi connectivity index (χ0v) is 8.60. The summed E-state index contributed by atoms with van der Waals surface area (Å²) >= 11 is 0. The number of carbonyl (C=O) groups is 1. The Balaban J connectivity index is 2.22. The summed E-state index contributed by atoms with van der Waals surface area (Å²) in [5, 5.41) is 12.1. The summed E-state index contributed by atoms with van der Waals surface area (Å²) in [7, 11) is 1.82. The van der Waals surface area contributed by atoms with Gasteiger partial charge in [-0.15, -0.1) is 0 Å². The Hall–Kier alpha value is -1.56. The molecule has 0 radical (unpaired) electrons. The van der Waals surface area contributed by atoms with Crippen LogP contribution in [0.4, 0.5) is 5.95 Å². The molecule has 1 aliphatic rings. The van der Waals surface area contributed by atoms with E-state index in [1.165, 1.54) is 0 Å². The van der Waals surface area contributed by atoms with E-state index in [4.69, 9.17) is 5.11 Å². The lowest BCUT2D eigenvalue weighted by molar-refractivity contribution is 0.0691. The first-order valence-electron chi connectivity index (χ1n) is 4.91. The molecule has 82 valence electrons. The maximum Gasteiger partial charge on any atom is 0.356 e. The van der Waals surface area contributed by atoms with Gasteiger partial charge in [-0.3, -0.25) is 0 Å². The van der Waals surface area contributed by atoms with Crippen molar-refractivity contribution >= 4 is 11.9 Å². The predicted molar refractivity (Wildman–Crippen MR) is 55.3 cm³/mol. The first kappa shape index (κ1) is 9.97. The minimum absolute atomic E-state index is 0.103. The predicted octanol–water partition coefficient (Wildman–Crippen LogP) is -0.472. The fourth-order valence-corrected chi connectivity index (χ4v) is 1.72. The van der Waals surface area contributed by atoms with Crippen molar-refractivity contribution in [3.05, 3.63) is 11.9 Å². The molecular weight excluding hydrogens is 196 g/mol. The molecule has 0 saturated carbocycles. The average molecular weight is 210 g/mol. The van der Waals surface area contributed by atoms with Crippen molar-refractivity contribution in [2.45, 2.75) is 0 Å². The Kier molecular flexibility index (Phi) is 2.59. The van der Waals surface area contributed by atoms with Crippen LogP contribution in [-0.4, -0.2) is 46.8 Å². The average Bonchev–Trinajstić information content (AvgIpc) is 2.62. The number of anilines is 1. The van der Waals surface area contributed by atoms with Crippen LogP contribution >= 0.6 is 0 Å². The summed E-state index contributed by atoms with van der Waals surface area (Å²) in [4.78, 5) is 16.9.